The first-order valence-corrected chi connectivity index (χ1v) is 6.46. The number of aliphatic carboxylic acids is 1. The Morgan fingerprint density at radius 2 is 2.56 bits per heavy atom. The van der Waals surface area contributed by atoms with Crippen molar-refractivity contribution in [2.75, 3.05) is 0 Å². The van der Waals surface area contributed by atoms with Crippen molar-refractivity contribution in [3.8, 4) is 0 Å². The largest absolute Gasteiger partial charge is 0.480 e. The fourth-order valence-electron chi connectivity index (χ4n) is 2.67. The van der Waals surface area contributed by atoms with Gasteiger partial charge in [0.2, 0.25) is 5.91 Å². The third kappa shape index (κ3) is 1.52. The molecular weight excluding hydrogens is 256 g/mol. The topological polar surface area (TPSA) is 99.2 Å². The molecule has 2 aliphatic heterocycles. The summed E-state index contributed by atoms with van der Waals surface area (Å²) in [5.41, 5.74) is 0.714. The number of aromatic nitrogens is 3. The lowest BCUT2D eigenvalue weighted by Gasteiger charge is -2.36. The molecule has 2 aliphatic rings. The van der Waals surface area contributed by atoms with Gasteiger partial charge in [-0.2, -0.15) is 15.4 Å². The number of carbonyl (C=O) groups excluding carboxylic acids is 1. The molecule has 0 aromatic carbocycles. The number of hydrogen-bond acceptors (Lipinski definition) is 5. The minimum atomic E-state index is -0.955. The Balaban J connectivity index is 1.90. The van der Waals surface area contributed by atoms with E-state index in [0.29, 0.717) is 18.5 Å². The maximum absolute atomic E-state index is 11.5. The highest BCUT2D eigenvalue weighted by Crippen LogP contribution is 2.52. The zero-order chi connectivity index (χ0) is 12.9. The van der Waals surface area contributed by atoms with Crippen LogP contribution < -0.4 is 0 Å². The van der Waals surface area contributed by atoms with E-state index in [9.17, 15) is 14.7 Å². The van der Waals surface area contributed by atoms with Gasteiger partial charge in [-0.3, -0.25) is 4.79 Å². The normalized spacial score (nSPS) is 34.3. The molecule has 1 aromatic rings. The molecule has 0 aliphatic carbocycles. The van der Waals surface area contributed by atoms with Crippen LogP contribution in [0.15, 0.2) is 6.20 Å². The van der Waals surface area contributed by atoms with Crippen molar-refractivity contribution in [2.24, 2.45) is 0 Å². The van der Waals surface area contributed by atoms with Gasteiger partial charge < -0.3 is 10.0 Å². The number of aromatic amines is 1. The van der Waals surface area contributed by atoms with Crippen molar-refractivity contribution >= 4 is 23.6 Å². The molecule has 0 radical (unpaired) electrons. The molecule has 7 nitrogen and oxygen atoms in total. The Morgan fingerprint density at radius 3 is 3.11 bits per heavy atom. The van der Waals surface area contributed by atoms with E-state index in [-0.39, 0.29) is 11.3 Å². The Labute approximate surface area is 107 Å². The van der Waals surface area contributed by atoms with Crippen molar-refractivity contribution in [2.45, 2.75) is 35.9 Å². The van der Waals surface area contributed by atoms with E-state index in [1.807, 2.05) is 6.92 Å². The average Bonchev–Trinajstić information content (AvgIpc) is 2.83. The van der Waals surface area contributed by atoms with Crippen molar-refractivity contribution in [1.82, 2.24) is 20.3 Å². The second kappa shape index (κ2) is 3.71. The molecule has 0 spiro atoms. The number of fused-ring (bicyclic) bond motifs is 1. The number of amides is 1. The van der Waals surface area contributed by atoms with Crippen LogP contribution in [0.4, 0.5) is 0 Å². The van der Waals surface area contributed by atoms with Gasteiger partial charge >= 0.3 is 5.97 Å². The van der Waals surface area contributed by atoms with Crippen LogP contribution in [0.25, 0.3) is 0 Å². The van der Waals surface area contributed by atoms with Crippen LogP contribution in [-0.2, 0) is 16.0 Å². The van der Waals surface area contributed by atoms with Crippen LogP contribution in [0.1, 0.15) is 19.0 Å². The Kier molecular flexibility index (Phi) is 2.37. The van der Waals surface area contributed by atoms with Gasteiger partial charge in [0.15, 0.2) is 0 Å². The molecule has 8 heteroatoms. The maximum atomic E-state index is 11.5. The number of carboxylic acid groups (broad SMARTS) is 1. The number of hydrogen-bond donors (Lipinski definition) is 2. The summed E-state index contributed by atoms with van der Waals surface area (Å²) in [6, 6.07) is -0.787. The van der Waals surface area contributed by atoms with Gasteiger partial charge in [0.1, 0.15) is 6.04 Å². The molecule has 3 heterocycles. The number of thioether (sulfide) groups is 1. The van der Waals surface area contributed by atoms with Gasteiger partial charge in [-0.15, -0.1) is 11.8 Å². The molecule has 0 bridgehead atoms. The van der Waals surface area contributed by atoms with Crippen molar-refractivity contribution < 1.29 is 14.7 Å². The van der Waals surface area contributed by atoms with Crippen LogP contribution >= 0.6 is 11.8 Å². The first kappa shape index (κ1) is 11.5. The number of β-lactam (4-membered cyclic amide) rings is 1. The summed E-state index contributed by atoms with van der Waals surface area (Å²) < 4.78 is -0.556. The van der Waals surface area contributed by atoms with Gasteiger partial charge in [-0.25, -0.2) is 4.79 Å². The molecule has 2 saturated heterocycles. The number of rotatable bonds is 3. The van der Waals surface area contributed by atoms with Gasteiger partial charge in [0.25, 0.3) is 0 Å². The minimum absolute atomic E-state index is 0.00417. The molecule has 3 rings (SSSR count). The van der Waals surface area contributed by atoms with E-state index in [4.69, 9.17) is 0 Å². The predicted octanol–water partition coefficient (Wildman–Crippen LogP) is -0.136. The van der Waals surface area contributed by atoms with Crippen molar-refractivity contribution in [3.05, 3.63) is 11.9 Å². The standard InChI is InChI=1S/C10H12N4O3S/c1-10(3-5-4-11-13-12-5)8(9(16)17)14-6(15)2-7(14)18-10/h4,7-8H,2-3H2,1H3,(H,16,17)(H,11,12,13). The second-order valence-electron chi connectivity index (χ2n) is 4.77. The summed E-state index contributed by atoms with van der Waals surface area (Å²) in [6.45, 7) is 1.87. The predicted molar refractivity (Wildman–Crippen MR) is 62.8 cm³/mol. The van der Waals surface area contributed by atoms with E-state index >= 15 is 0 Å². The van der Waals surface area contributed by atoms with Crippen LogP contribution in [0.2, 0.25) is 0 Å². The number of nitrogens with one attached hydrogen (secondary N) is 1. The molecule has 1 amide bonds. The zero-order valence-corrected chi connectivity index (χ0v) is 10.5. The van der Waals surface area contributed by atoms with Crippen molar-refractivity contribution in [1.29, 1.82) is 0 Å². The molecule has 18 heavy (non-hydrogen) atoms. The fraction of sp³-hybridized carbons (Fsp3) is 0.600. The van der Waals surface area contributed by atoms with E-state index < -0.39 is 16.8 Å². The lowest BCUT2D eigenvalue weighted by molar-refractivity contribution is -0.157. The summed E-state index contributed by atoms with van der Waals surface area (Å²) in [6.07, 6.45) is 2.50. The van der Waals surface area contributed by atoms with Crippen LogP contribution in [0, 0.1) is 0 Å². The fourth-order valence-corrected chi connectivity index (χ4v) is 4.44. The Bertz CT molecular complexity index is 505. The summed E-state index contributed by atoms with van der Waals surface area (Å²) in [7, 11) is 0. The third-order valence-corrected chi connectivity index (χ3v) is 5.01. The Morgan fingerprint density at radius 1 is 1.78 bits per heavy atom. The molecule has 2 fully saturated rings. The number of carbonyl (C=O) groups is 2. The Hall–Kier alpha value is -1.57. The van der Waals surface area contributed by atoms with Gasteiger partial charge in [-0.1, -0.05) is 0 Å². The summed E-state index contributed by atoms with van der Waals surface area (Å²) >= 11 is 1.54. The SMILES string of the molecule is CC1(Cc2cn[nH]n2)SC2CC(=O)N2C1C(=O)O. The van der Waals surface area contributed by atoms with Crippen LogP contribution in [-0.4, -0.2) is 53.5 Å². The minimum Gasteiger partial charge on any atom is -0.480 e. The molecule has 3 atom stereocenters. The van der Waals surface area contributed by atoms with Crippen LogP contribution in [0.5, 0.6) is 0 Å². The molecule has 0 saturated carbocycles. The summed E-state index contributed by atoms with van der Waals surface area (Å²) in [5, 5.41) is 19.6. The molecule has 1 aromatic heterocycles. The lowest BCUT2D eigenvalue weighted by Crippen LogP contribution is -2.57. The van der Waals surface area contributed by atoms with Gasteiger partial charge in [0, 0.05) is 6.42 Å². The zero-order valence-electron chi connectivity index (χ0n) is 9.66. The lowest BCUT2D eigenvalue weighted by atomic mass is 9.92. The highest BCUT2D eigenvalue weighted by Gasteiger charge is 2.60. The highest BCUT2D eigenvalue weighted by atomic mass is 32.2. The average molecular weight is 268 g/mol. The van der Waals surface area contributed by atoms with Gasteiger partial charge in [-0.05, 0) is 6.92 Å². The summed E-state index contributed by atoms with van der Waals surface area (Å²) in [5.74, 6) is -1.03. The van der Waals surface area contributed by atoms with E-state index in [0.717, 1.165) is 0 Å². The van der Waals surface area contributed by atoms with E-state index in [1.165, 1.54) is 4.90 Å². The number of nitrogens with zero attached hydrogens (tertiary/aromatic N) is 3. The third-order valence-electron chi connectivity index (χ3n) is 3.44. The maximum Gasteiger partial charge on any atom is 0.327 e. The highest BCUT2D eigenvalue weighted by molar-refractivity contribution is 8.01. The summed E-state index contributed by atoms with van der Waals surface area (Å²) in [4.78, 5) is 24.4. The molecule has 2 N–H and O–H groups in total. The molecule has 3 unspecified atom stereocenters. The van der Waals surface area contributed by atoms with Crippen molar-refractivity contribution in [3.63, 3.8) is 0 Å². The molecule has 96 valence electrons. The van der Waals surface area contributed by atoms with E-state index in [1.54, 1.807) is 18.0 Å². The second-order valence-corrected chi connectivity index (χ2v) is 6.48. The first-order valence-electron chi connectivity index (χ1n) is 5.58. The smallest absolute Gasteiger partial charge is 0.327 e. The first-order chi connectivity index (χ1) is 8.51. The van der Waals surface area contributed by atoms with Crippen LogP contribution in [0.3, 0.4) is 0 Å². The number of H-pyrrole nitrogens is 1. The van der Waals surface area contributed by atoms with E-state index in [2.05, 4.69) is 15.4 Å². The number of carboxylic acids is 1. The monoisotopic (exact) mass is 268 g/mol. The molecular formula is C10H12N4O3S. The quantitative estimate of drug-likeness (QED) is 0.740. The van der Waals surface area contributed by atoms with Gasteiger partial charge in [0.05, 0.1) is 28.4 Å².